The molecule has 130 valence electrons. The molecule has 0 saturated carbocycles. The molecule has 0 spiro atoms. The lowest BCUT2D eigenvalue weighted by atomic mass is 9.88. The highest BCUT2D eigenvalue weighted by Crippen LogP contribution is 2.36. The minimum absolute atomic E-state index is 0.0575. The zero-order valence-corrected chi connectivity index (χ0v) is 15.8. The van der Waals surface area contributed by atoms with Crippen LogP contribution in [0.4, 0.5) is 0 Å². The van der Waals surface area contributed by atoms with Gasteiger partial charge in [-0.2, -0.15) is 0 Å². The summed E-state index contributed by atoms with van der Waals surface area (Å²) in [6.07, 6.45) is 3.11. The van der Waals surface area contributed by atoms with Gasteiger partial charge in [0.2, 0.25) is 0 Å². The minimum Gasteiger partial charge on any atom is -0.378 e. The molecular formula is C18H37N3O. The summed E-state index contributed by atoms with van der Waals surface area (Å²) in [6.45, 7) is 14.8. The van der Waals surface area contributed by atoms with E-state index >= 15 is 0 Å². The van der Waals surface area contributed by atoms with Crippen molar-refractivity contribution in [3.63, 3.8) is 0 Å². The highest BCUT2D eigenvalue weighted by molar-refractivity contribution is 4.95. The number of aliphatic hydroxyl groups is 1. The minimum atomic E-state index is -0.270. The van der Waals surface area contributed by atoms with Crippen LogP contribution in [0.5, 0.6) is 0 Å². The molecule has 0 amide bonds. The van der Waals surface area contributed by atoms with Gasteiger partial charge in [-0.1, -0.05) is 0 Å². The molecule has 0 aromatic rings. The van der Waals surface area contributed by atoms with E-state index in [1.54, 1.807) is 0 Å². The fourth-order valence-corrected chi connectivity index (χ4v) is 4.32. The fraction of sp³-hybridized carbons (Fsp3) is 1.00. The molecule has 4 heteroatoms. The third-order valence-electron chi connectivity index (χ3n) is 5.76. The van der Waals surface area contributed by atoms with Gasteiger partial charge in [0.1, 0.15) is 6.23 Å². The topological polar surface area (TPSA) is 30.0 Å². The Morgan fingerprint density at radius 2 is 1.73 bits per heavy atom. The van der Waals surface area contributed by atoms with Crippen LogP contribution in [0.25, 0.3) is 0 Å². The highest BCUT2D eigenvalue weighted by atomic mass is 16.3. The second kappa shape index (κ2) is 6.39. The first-order valence-corrected chi connectivity index (χ1v) is 8.87. The summed E-state index contributed by atoms with van der Waals surface area (Å²) in [5, 5.41) is 10.4. The standard InChI is InChI=1S/C18H37N3O/c1-17(2,3)21-12-14(10-16(21)22)11-18(4,5)20-9-8-15(13-20)19(6)7/h14-16,22H,8-13H2,1-7H3. The van der Waals surface area contributed by atoms with Gasteiger partial charge in [0.15, 0.2) is 0 Å². The first-order valence-electron chi connectivity index (χ1n) is 8.87. The molecule has 0 aromatic heterocycles. The number of nitrogens with zero attached hydrogens (tertiary/aromatic N) is 3. The van der Waals surface area contributed by atoms with Crippen LogP contribution in [-0.2, 0) is 0 Å². The zero-order chi connectivity index (χ0) is 16.7. The molecule has 0 aliphatic carbocycles. The molecule has 0 radical (unpaired) electrons. The lowest BCUT2D eigenvalue weighted by Crippen LogP contribution is -2.46. The average Bonchev–Trinajstić information content (AvgIpc) is 2.94. The van der Waals surface area contributed by atoms with Crippen LogP contribution in [0.3, 0.4) is 0 Å². The van der Waals surface area contributed by atoms with Crippen LogP contribution >= 0.6 is 0 Å². The van der Waals surface area contributed by atoms with Crippen molar-refractivity contribution in [1.82, 2.24) is 14.7 Å². The summed E-state index contributed by atoms with van der Waals surface area (Å²) >= 11 is 0. The Morgan fingerprint density at radius 1 is 1.09 bits per heavy atom. The van der Waals surface area contributed by atoms with Crippen molar-refractivity contribution in [2.24, 2.45) is 5.92 Å². The lowest BCUT2D eigenvalue weighted by Gasteiger charge is -2.38. The second-order valence-electron chi connectivity index (χ2n) is 9.27. The molecule has 22 heavy (non-hydrogen) atoms. The van der Waals surface area contributed by atoms with E-state index in [-0.39, 0.29) is 17.3 Å². The van der Waals surface area contributed by atoms with Crippen molar-refractivity contribution >= 4 is 0 Å². The van der Waals surface area contributed by atoms with Crippen molar-refractivity contribution < 1.29 is 5.11 Å². The van der Waals surface area contributed by atoms with Crippen LogP contribution in [-0.4, -0.2) is 76.9 Å². The zero-order valence-electron chi connectivity index (χ0n) is 15.8. The summed E-state index contributed by atoms with van der Waals surface area (Å²) < 4.78 is 0. The smallest absolute Gasteiger partial charge is 0.108 e. The van der Waals surface area contributed by atoms with Gasteiger partial charge in [-0.3, -0.25) is 9.80 Å². The predicted molar refractivity (Wildman–Crippen MR) is 92.9 cm³/mol. The van der Waals surface area contributed by atoms with E-state index < -0.39 is 0 Å². The maximum absolute atomic E-state index is 10.4. The fourth-order valence-electron chi connectivity index (χ4n) is 4.32. The maximum Gasteiger partial charge on any atom is 0.108 e. The van der Waals surface area contributed by atoms with E-state index in [1.165, 1.54) is 25.9 Å². The molecule has 1 N–H and O–H groups in total. The average molecular weight is 312 g/mol. The van der Waals surface area contributed by atoms with Gasteiger partial charge < -0.3 is 10.0 Å². The van der Waals surface area contributed by atoms with E-state index in [0.717, 1.165) is 13.0 Å². The largest absolute Gasteiger partial charge is 0.378 e. The van der Waals surface area contributed by atoms with Gasteiger partial charge in [0.05, 0.1) is 0 Å². The molecule has 0 aromatic carbocycles. The Kier molecular flexibility index (Phi) is 5.28. The van der Waals surface area contributed by atoms with Crippen LogP contribution in [0.2, 0.25) is 0 Å². The van der Waals surface area contributed by atoms with Crippen molar-refractivity contribution in [3.05, 3.63) is 0 Å². The van der Waals surface area contributed by atoms with E-state index in [1.807, 2.05) is 0 Å². The highest BCUT2D eigenvalue weighted by Gasteiger charge is 2.41. The molecule has 3 atom stereocenters. The van der Waals surface area contributed by atoms with Gasteiger partial charge >= 0.3 is 0 Å². The Labute approximate surface area is 137 Å². The maximum atomic E-state index is 10.4. The number of likely N-dealkylation sites (tertiary alicyclic amines) is 2. The van der Waals surface area contributed by atoms with Crippen molar-refractivity contribution in [3.8, 4) is 0 Å². The quantitative estimate of drug-likeness (QED) is 0.862. The van der Waals surface area contributed by atoms with Gasteiger partial charge in [-0.25, -0.2) is 0 Å². The molecule has 2 rings (SSSR count). The van der Waals surface area contributed by atoms with Crippen LogP contribution in [0.15, 0.2) is 0 Å². The molecule has 2 aliphatic heterocycles. The SMILES string of the molecule is CN(C)C1CCN(C(C)(C)CC2CC(O)N(C(C)(C)C)C2)C1. The Balaban J connectivity index is 1.93. The number of rotatable bonds is 4. The predicted octanol–water partition coefficient (Wildman–Crippen LogP) is 2.23. The Hall–Kier alpha value is -0.160. The van der Waals surface area contributed by atoms with E-state index in [4.69, 9.17) is 0 Å². The van der Waals surface area contributed by atoms with Gasteiger partial charge in [-0.05, 0) is 73.9 Å². The molecule has 2 heterocycles. The Morgan fingerprint density at radius 3 is 2.18 bits per heavy atom. The van der Waals surface area contributed by atoms with E-state index in [0.29, 0.717) is 12.0 Å². The third kappa shape index (κ3) is 4.02. The summed E-state index contributed by atoms with van der Waals surface area (Å²) in [5.41, 5.74) is 0.283. The summed E-state index contributed by atoms with van der Waals surface area (Å²) in [6, 6.07) is 0.694. The normalized spacial score (nSPS) is 32.3. The van der Waals surface area contributed by atoms with Crippen molar-refractivity contribution in [2.75, 3.05) is 33.7 Å². The molecule has 2 aliphatic rings. The number of aliphatic hydroxyl groups excluding tert-OH is 1. The Bertz CT molecular complexity index is 375. The summed E-state index contributed by atoms with van der Waals surface area (Å²) in [7, 11) is 4.38. The first kappa shape index (κ1) is 18.2. The van der Waals surface area contributed by atoms with Gasteiger partial charge in [0.25, 0.3) is 0 Å². The molecule has 0 bridgehead atoms. The number of likely N-dealkylation sites (N-methyl/N-ethyl adjacent to an activating group) is 1. The second-order valence-corrected chi connectivity index (χ2v) is 9.27. The van der Waals surface area contributed by atoms with E-state index in [9.17, 15) is 5.11 Å². The van der Waals surface area contributed by atoms with Gasteiger partial charge in [-0.15, -0.1) is 0 Å². The third-order valence-corrected chi connectivity index (χ3v) is 5.76. The number of hydrogen-bond donors (Lipinski definition) is 1. The van der Waals surface area contributed by atoms with Crippen molar-refractivity contribution in [1.29, 1.82) is 0 Å². The summed E-state index contributed by atoms with van der Waals surface area (Å²) in [4.78, 5) is 7.28. The molecule has 3 unspecified atom stereocenters. The molecular weight excluding hydrogens is 274 g/mol. The van der Waals surface area contributed by atoms with Crippen LogP contribution in [0.1, 0.15) is 53.9 Å². The van der Waals surface area contributed by atoms with E-state index in [2.05, 4.69) is 63.4 Å². The lowest BCUT2D eigenvalue weighted by molar-refractivity contribution is -0.0179. The number of hydrogen-bond acceptors (Lipinski definition) is 4. The molecule has 2 fully saturated rings. The molecule has 4 nitrogen and oxygen atoms in total. The first-order chi connectivity index (χ1) is 10.0. The summed E-state index contributed by atoms with van der Waals surface area (Å²) in [5.74, 6) is 0.600. The van der Waals surface area contributed by atoms with Crippen molar-refractivity contribution in [2.45, 2.75) is 77.2 Å². The van der Waals surface area contributed by atoms with Crippen LogP contribution in [0, 0.1) is 5.92 Å². The van der Waals surface area contributed by atoms with Crippen LogP contribution < -0.4 is 0 Å². The van der Waals surface area contributed by atoms with Gasteiger partial charge in [0, 0.05) is 36.8 Å². The molecule has 2 saturated heterocycles. The monoisotopic (exact) mass is 311 g/mol.